The minimum absolute atomic E-state index is 0.157. The van der Waals surface area contributed by atoms with Gasteiger partial charge in [0.1, 0.15) is 11.3 Å². The molecule has 7 heteroatoms. The molecule has 0 bridgehead atoms. The molecule has 110 valence electrons. The number of carboxylic acid groups (broad SMARTS) is 1. The number of rotatable bonds is 6. The number of carbonyl (C=O) groups is 1. The monoisotopic (exact) mass is 299 g/mol. The van der Waals surface area contributed by atoms with Gasteiger partial charge in [0.2, 0.25) is 10.0 Å². The maximum Gasteiger partial charge on any atom is 0.339 e. The van der Waals surface area contributed by atoms with Crippen LogP contribution in [-0.2, 0) is 10.0 Å². The lowest BCUT2D eigenvalue weighted by Gasteiger charge is -2.14. The lowest BCUT2D eigenvalue weighted by atomic mass is 10.2. The number of benzene rings is 1. The lowest BCUT2D eigenvalue weighted by Crippen LogP contribution is -2.33. The Bertz CT molecular complexity index is 622. The van der Waals surface area contributed by atoms with Crippen LogP contribution in [0.2, 0.25) is 0 Å². The van der Waals surface area contributed by atoms with E-state index in [2.05, 4.69) is 4.72 Å². The molecular formula is C13H17NO5S. The van der Waals surface area contributed by atoms with Crippen molar-refractivity contribution < 1.29 is 23.4 Å². The van der Waals surface area contributed by atoms with Crippen LogP contribution in [0.3, 0.4) is 0 Å². The third-order valence-corrected chi connectivity index (χ3v) is 4.84. The van der Waals surface area contributed by atoms with Crippen LogP contribution in [0.1, 0.15) is 36.5 Å². The molecule has 1 atom stereocenters. The molecule has 1 saturated carbocycles. The van der Waals surface area contributed by atoms with Crippen molar-refractivity contribution >= 4 is 16.0 Å². The van der Waals surface area contributed by atoms with Gasteiger partial charge in [-0.3, -0.25) is 0 Å². The molecule has 0 aliphatic heterocycles. The van der Waals surface area contributed by atoms with Crippen LogP contribution < -0.4 is 4.72 Å². The van der Waals surface area contributed by atoms with Gasteiger partial charge in [0.15, 0.2) is 0 Å². The van der Waals surface area contributed by atoms with E-state index >= 15 is 0 Å². The van der Waals surface area contributed by atoms with Gasteiger partial charge in [-0.05, 0) is 37.5 Å². The highest BCUT2D eigenvalue weighted by atomic mass is 32.2. The average Bonchev–Trinajstić information content (AvgIpc) is 3.11. The fourth-order valence-corrected chi connectivity index (χ4v) is 3.37. The normalized spacial score (nSPS) is 16.9. The Labute approximate surface area is 117 Å². The van der Waals surface area contributed by atoms with E-state index in [1.165, 1.54) is 6.07 Å². The first-order valence-electron chi connectivity index (χ1n) is 6.38. The number of hydrogen-bond donors (Lipinski definition) is 3. The highest BCUT2D eigenvalue weighted by molar-refractivity contribution is 7.89. The van der Waals surface area contributed by atoms with Crippen molar-refractivity contribution in [2.45, 2.75) is 37.1 Å². The van der Waals surface area contributed by atoms with E-state index in [4.69, 9.17) is 5.11 Å². The summed E-state index contributed by atoms with van der Waals surface area (Å²) in [5, 5.41) is 18.3. The third kappa shape index (κ3) is 3.49. The van der Waals surface area contributed by atoms with Crippen molar-refractivity contribution in [3.8, 4) is 5.75 Å². The van der Waals surface area contributed by atoms with E-state index in [1.807, 2.05) is 0 Å². The van der Waals surface area contributed by atoms with Gasteiger partial charge in [-0.15, -0.1) is 0 Å². The molecule has 6 nitrogen and oxygen atoms in total. The van der Waals surface area contributed by atoms with Crippen molar-refractivity contribution in [2.24, 2.45) is 5.92 Å². The maximum absolute atomic E-state index is 12.1. The number of aromatic hydroxyl groups is 1. The van der Waals surface area contributed by atoms with Crippen LogP contribution in [0.5, 0.6) is 5.75 Å². The molecule has 0 spiro atoms. The van der Waals surface area contributed by atoms with Crippen molar-refractivity contribution in [1.82, 2.24) is 4.72 Å². The molecule has 0 radical (unpaired) electrons. The van der Waals surface area contributed by atoms with Gasteiger partial charge < -0.3 is 10.2 Å². The topological polar surface area (TPSA) is 104 Å². The van der Waals surface area contributed by atoms with Crippen molar-refractivity contribution in [2.75, 3.05) is 0 Å². The van der Waals surface area contributed by atoms with Crippen LogP contribution in [0, 0.1) is 5.92 Å². The number of phenols is 1. The molecule has 20 heavy (non-hydrogen) atoms. The van der Waals surface area contributed by atoms with Crippen molar-refractivity contribution in [1.29, 1.82) is 0 Å². The minimum Gasteiger partial charge on any atom is -0.507 e. The largest absolute Gasteiger partial charge is 0.507 e. The van der Waals surface area contributed by atoms with E-state index < -0.39 is 27.3 Å². The molecule has 1 aliphatic carbocycles. The zero-order valence-corrected chi connectivity index (χ0v) is 11.9. The first-order valence-corrected chi connectivity index (χ1v) is 7.86. The molecule has 1 aromatic rings. The number of sulfonamides is 1. The second kappa shape index (κ2) is 5.41. The standard InChI is InChI=1S/C13H17NO5S/c1-8(6-9-2-3-9)14-20(18,19)10-4-5-12(15)11(7-10)13(16)17/h4-5,7-9,14-15H,2-3,6H2,1H3,(H,16,17). The van der Waals surface area contributed by atoms with E-state index in [-0.39, 0.29) is 10.9 Å². The van der Waals surface area contributed by atoms with E-state index in [0.717, 1.165) is 31.4 Å². The Morgan fingerprint density at radius 1 is 1.45 bits per heavy atom. The summed E-state index contributed by atoms with van der Waals surface area (Å²) in [6.07, 6.45) is 3.05. The first kappa shape index (κ1) is 14.8. The summed E-state index contributed by atoms with van der Waals surface area (Å²) in [6, 6.07) is 3.02. The molecule has 0 amide bonds. The zero-order valence-electron chi connectivity index (χ0n) is 11.0. The highest BCUT2D eigenvalue weighted by Gasteiger charge is 2.26. The summed E-state index contributed by atoms with van der Waals surface area (Å²) in [7, 11) is -3.77. The first-order chi connectivity index (χ1) is 9.29. The lowest BCUT2D eigenvalue weighted by molar-refractivity contribution is 0.0693. The molecule has 0 saturated heterocycles. The second-order valence-electron chi connectivity index (χ2n) is 5.19. The molecule has 1 aromatic carbocycles. The number of nitrogens with one attached hydrogen (secondary N) is 1. The summed E-state index contributed by atoms with van der Waals surface area (Å²) in [6.45, 7) is 1.79. The molecular weight excluding hydrogens is 282 g/mol. The quantitative estimate of drug-likeness (QED) is 0.739. The van der Waals surface area contributed by atoms with Gasteiger partial charge in [0.25, 0.3) is 0 Å². The van der Waals surface area contributed by atoms with Gasteiger partial charge in [0, 0.05) is 6.04 Å². The van der Waals surface area contributed by atoms with Crippen LogP contribution >= 0.6 is 0 Å². The number of hydrogen-bond acceptors (Lipinski definition) is 4. The summed E-state index contributed by atoms with van der Waals surface area (Å²) in [5.74, 6) is -1.24. The molecule has 1 fully saturated rings. The predicted octanol–water partition coefficient (Wildman–Crippen LogP) is 1.56. The third-order valence-electron chi connectivity index (χ3n) is 3.25. The van der Waals surface area contributed by atoms with Gasteiger partial charge in [-0.25, -0.2) is 17.9 Å². The summed E-state index contributed by atoms with van der Waals surface area (Å²) in [5.41, 5.74) is -0.428. The van der Waals surface area contributed by atoms with E-state index in [9.17, 15) is 18.3 Å². The second-order valence-corrected chi connectivity index (χ2v) is 6.90. The smallest absolute Gasteiger partial charge is 0.339 e. The molecule has 1 aliphatic rings. The van der Waals surface area contributed by atoms with Crippen LogP contribution in [0.4, 0.5) is 0 Å². The zero-order chi connectivity index (χ0) is 14.9. The Balaban J connectivity index is 2.19. The van der Waals surface area contributed by atoms with Gasteiger partial charge >= 0.3 is 5.97 Å². The molecule has 0 aromatic heterocycles. The minimum atomic E-state index is -3.77. The van der Waals surface area contributed by atoms with E-state index in [1.54, 1.807) is 6.92 Å². The summed E-state index contributed by atoms with van der Waals surface area (Å²) >= 11 is 0. The fourth-order valence-electron chi connectivity index (χ4n) is 2.09. The molecule has 2 rings (SSSR count). The maximum atomic E-state index is 12.1. The van der Waals surface area contributed by atoms with E-state index in [0.29, 0.717) is 5.92 Å². The number of aromatic carboxylic acids is 1. The fraction of sp³-hybridized carbons (Fsp3) is 0.462. The average molecular weight is 299 g/mol. The van der Waals surface area contributed by atoms with Gasteiger partial charge in [-0.2, -0.15) is 0 Å². The van der Waals surface area contributed by atoms with Crippen LogP contribution in [-0.4, -0.2) is 30.6 Å². The summed E-state index contributed by atoms with van der Waals surface area (Å²) < 4.78 is 26.8. The Morgan fingerprint density at radius 3 is 2.65 bits per heavy atom. The Morgan fingerprint density at radius 2 is 2.10 bits per heavy atom. The number of carboxylic acids is 1. The molecule has 0 heterocycles. The molecule has 1 unspecified atom stereocenters. The molecule has 3 N–H and O–H groups in total. The van der Waals surface area contributed by atoms with Crippen LogP contribution in [0.15, 0.2) is 23.1 Å². The predicted molar refractivity (Wildman–Crippen MR) is 72.2 cm³/mol. The SMILES string of the molecule is CC(CC1CC1)NS(=O)(=O)c1ccc(O)c(C(=O)O)c1. The van der Waals surface area contributed by atoms with Crippen LogP contribution in [0.25, 0.3) is 0 Å². The highest BCUT2D eigenvalue weighted by Crippen LogP contribution is 2.33. The Hall–Kier alpha value is -1.60. The Kier molecular flexibility index (Phi) is 4.01. The van der Waals surface area contributed by atoms with Gasteiger partial charge in [-0.1, -0.05) is 12.8 Å². The van der Waals surface area contributed by atoms with Crippen molar-refractivity contribution in [3.63, 3.8) is 0 Å². The van der Waals surface area contributed by atoms with Crippen molar-refractivity contribution in [3.05, 3.63) is 23.8 Å². The van der Waals surface area contributed by atoms with Gasteiger partial charge in [0.05, 0.1) is 4.90 Å². The summed E-state index contributed by atoms with van der Waals surface area (Å²) in [4.78, 5) is 10.7.